The minimum absolute atomic E-state index is 0. The van der Waals surface area contributed by atoms with Gasteiger partial charge in [0.15, 0.2) is 0 Å². The van der Waals surface area contributed by atoms with Gasteiger partial charge in [-0.15, -0.1) is 24.8 Å². The molecule has 0 saturated heterocycles. The lowest BCUT2D eigenvalue weighted by Crippen LogP contribution is -2.08. The smallest absolute Gasteiger partial charge is 0.106 e. The summed E-state index contributed by atoms with van der Waals surface area (Å²) in [5.41, 5.74) is 6.88. The Hall–Kier alpha value is 0.170. The Labute approximate surface area is 99.3 Å². The third-order valence-corrected chi connectivity index (χ3v) is 2.09. The van der Waals surface area contributed by atoms with Gasteiger partial charge in [-0.05, 0) is 34.0 Å². The van der Waals surface area contributed by atoms with E-state index in [9.17, 15) is 0 Å². The first-order valence-electron chi connectivity index (χ1n) is 3.61. The first-order chi connectivity index (χ1) is 5.24. The predicted octanol–water partition coefficient (Wildman–Crippen LogP) is 3.10. The molecule has 0 fully saturated rings. The molecule has 0 amide bonds. The van der Waals surface area contributed by atoms with Crippen LogP contribution in [0, 0.1) is 0 Å². The van der Waals surface area contributed by atoms with E-state index in [0.717, 1.165) is 16.6 Å². The molecule has 5 heteroatoms. The number of rotatable bonds is 2. The number of pyridine rings is 1. The van der Waals surface area contributed by atoms with Gasteiger partial charge in [-0.1, -0.05) is 13.0 Å². The molecule has 13 heavy (non-hydrogen) atoms. The topological polar surface area (TPSA) is 38.9 Å². The zero-order valence-corrected chi connectivity index (χ0v) is 10.5. The zero-order chi connectivity index (χ0) is 8.27. The van der Waals surface area contributed by atoms with E-state index in [1.807, 2.05) is 12.1 Å². The molecule has 0 radical (unpaired) electrons. The monoisotopic (exact) mass is 286 g/mol. The van der Waals surface area contributed by atoms with Crippen LogP contribution in [-0.2, 0) is 0 Å². The van der Waals surface area contributed by atoms with Crippen molar-refractivity contribution in [1.82, 2.24) is 4.98 Å². The fourth-order valence-corrected chi connectivity index (χ4v) is 1.08. The van der Waals surface area contributed by atoms with E-state index in [0.29, 0.717) is 0 Å². The molecular weight excluding hydrogens is 275 g/mol. The van der Waals surface area contributed by atoms with Gasteiger partial charge in [-0.2, -0.15) is 0 Å². The number of nitrogens with two attached hydrogens (primary N) is 1. The second-order valence-corrected chi connectivity index (χ2v) is 3.24. The van der Waals surface area contributed by atoms with Crippen molar-refractivity contribution in [3.8, 4) is 0 Å². The second-order valence-electron chi connectivity index (χ2n) is 2.43. The second kappa shape index (κ2) is 7.56. The van der Waals surface area contributed by atoms with Crippen LogP contribution in [0.1, 0.15) is 24.9 Å². The van der Waals surface area contributed by atoms with Crippen molar-refractivity contribution in [1.29, 1.82) is 0 Å². The molecule has 0 aliphatic heterocycles. The van der Waals surface area contributed by atoms with E-state index in [-0.39, 0.29) is 30.9 Å². The highest BCUT2D eigenvalue weighted by Crippen LogP contribution is 2.14. The Morgan fingerprint density at radius 3 is 2.46 bits per heavy atom. The van der Waals surface area contributed by atoms with Crippen molar-refractivity contribution >= 4 is 40.7 Å². The maximum Gasteiger partial charge on any atom is 0.106 e. The number of halogens is 3. The lowest BCUT2D eigenvalue weighted by molar-refractivity contribution is 0.695. The van der Waals surface area contributed by atoms with Gasteiger partial charge in [0.2, 0.25) is 0 Å². The molecule has 1 aromatic rings. The van der Waals surface area contributed by atoms with Crippen LogP contribution in [0.4, 0.5) is 0 Å². The third kappa shape index (κ3) is 4.81. The summed E-state index contributed by atoms with van der Waals surface area (Å²) in [7, 11) is 0. The number of hydrogen-bond donors (Lipinski definition) is 1. The molecular formula is C8H13BrCl2N2. The minimum atomic E-state index is 0. The van der Waals surface area contributed by atoms with Crippen molar-refractivity contribution in [3.05, 3.63) is 28.5 Å². The first kappa shape index (κ1) is 15.6. The largest absolute Gasteiger partial charge is 0.324 e. The molecule has 1 heterocycles. The minimum Gasteiger partial charge on any atom is -0.324 e. The molecule has 1 atom stereocenters. The average molecular weight is 288 g/mol. The number of nitrogens with zero attached hydrogens (tertiary/aromatic N) is 1. The molecule has 0 spiro atoms. The fourth-order valence-electron chi connectivity index (χ4n) is 0.842. The van der Waals surface area contributed by atoms with Gasteiger partial charge in [0.05, 0.1) is 0 Å². The summed E-state index contributed by atoms with van der Waals surface area (Å²) in [6.45, 7) is 2.06. The van der Waals surface area contributed by atoms with Crippen molar-refractivity contribution in [2.75, 3.05) is 0 Å². The standard InChI is InChI=1S/C8H11BrN2.2ClH/c1-2-7(10)6-3-4-8(9)11-5-6;;/h3-5,7H,2,10H2,1H3;2*1H/t7-;;/m0../s1. The van der Waals surface area contributed by atoms with Crippen LogP contribution in [0.2, 0.25) is 0 Å². The summed E-state index contributed by atoms with van der Waals surface area (Å²) in [4.78, 5) is 4.08. The molecule has 0 aliphatic carbocycles. The molecule has 0 saturated carbocycles. The normalized spacial score (nSPS) is 11.0. The van der Waals surface area contributed by atoms with E-state index in [1.165, 1.54) is 0 Å². The van der Waals surface area contributed by atoms with Crippen LogP contribution in [0.25, 0.3) is 0 Å². The van der Waals surface area contributed by atoms with Gasteiger partial charge in [0.25, 0.3) is 0 Å². The maximum absolute atomic E-state index is 5.79. The summed E-state index contributed by atoms with van der Waals surface area (Å²) in [5, 5.41) is 0. The Morgan fingerprint density at radius 1 is 1.46 bits per heavy atom. The first-order valence-corrected chi connectivity index (χ1v) is 4.40. The Balaban J connectivity index is 0. The van der Waals surface area contributed by atoms with Gasteiger partial charge in [-0.3, -0.25) is 0 Å². The summed E-state index contributed by atoms with van der Waals surface area (Å²) >= 11 is 3.26. The average Bonchev–Trinajstić information content (AvgIpc) is 2.05. The lowest BCUT2D eigenvalue weighted by atomic mass is 10.1. The third-order valence-electron chi connectivity index (χ3n) is 1.62. The summed E-state index contributed by atoms with van der Waals surface area (Å²) in [5.74, 6) is 0. The Kier molecular flexibility index (Phi) is 9.09. The van der Waals surface area contributed by atoms with E-state index in [1.54, 1.807) is 6.20 Å². The van der Waals surface area contributed by atoms with Gasteiger partial charge in [-0.25, -0.2) is 4.98 Å². The molecule has 1 rings (SSSR count). The number of aromatic nitrogens is 1. The molecule has 0 aliphatic rings. The Bertz CT molecular complexity index is 228. The molecule has 1 aromatic heterocycles. The molecule has 0 unspecified atom stereocenters. The van der Waals surface area contributed by atoms with E-state index in [2.05, 4.69) is 27.8 Å². The van der Waals surface area contributed by atoms with Gasteiger partial charge in [0, 0.05) is 12.2 Å². The van der Waals surface area contributed by atoms with Gasteiger partial charge in [0.1, 0.15) is 4.60 Å². The number of hydrogen-bond acceptors (Lipinski definition) is 2. The predicted molar refractivity (Wildman–Crippen MR) is 63.7 cm³/mol. The van der Waals surface area contributed by atoms with Crippen molar-refractivity contribution in [3.63, 3.8) is 0 Å². The van der Waals surface area contributed by atoms with Crippen LogP contribution < -0.4 is 5.73 Å². The SMILES string of the molecule is CC[C@H](N)c1ccc(Br)nc1.Cl.Cl. The lowest BCUT2D eigenvalue weighted by Gasteiger charge is -2.07. The van der Waals surface area contributed by atoms with Crippen molar-refractivity contribution in [2.45, 2.75) is 19.4 Å². The van der Waals surface area contributed by atoms with E-state index in [4.69, 9.17) is 5.73 Å². The van der Waals surface area contributed by atoms with E-state index >= 15 is 0 Å². The molecule has 2 N–H and O–H groups in total. The van der Waals surface area contributed by atoms with Crippen LogP contribution in [0.3, 0.4) is 0 Å². The zero-order valence-electron chi connectivity index (χ0n) is 7.24. The molecule has 76 valence electrons. The van der Waals surface area contributed by atoms with Crippen LogP contribution in [0.5, 0.6) is 0 Å². The fraction of sp³-hybridized carbons (Fsp3) is 0.375. The molecule has 2 nitrogen and oxygen atoms in total. The molecule has 0 aromatic carbocycles. The summed E-state index contributed by atoms with van der Waals surface area (Å²) in [6.07, 6.45) is 2.75. The van der Waals surface area contributed by atoms with Crippen LogP contribution in [0.15, 0.2) is 22.9 Å². The van der Waals surface area contributed by atoms with Crippen LogP contribution in [-0.4, -0.2) is 4.98 Å². The van der Waals surface area contributed by atoms with Gasteiger partial charge >= 0.3 is 0 Å². The molecule has 0 bridgehead atoms. The summed E-state index contributed by atoms with van der Waals surface area (Å²) < 4.78 is 0.851. The van der Waals surface area contributed by atoms with E-state index < -0.39 is 0 Å². The van der Waals surface area contributed by atoms with Crippen LogP contribution >= 0.6 is 40.7 Å². The van der Waals surface area contributed by atoms with Gasteiger partial charge < -0.3 is 5.73 Å². The Morgan fingerprint density at radius 2 is 2.08 bits per heavy atom. The van der Waals surface area contributed by atoms with Crippen molar-refractivity contribution < 1.29 is 0 Å². The highest BCUT2D eigenvalue weighted by atomic mass is 79.9. The quantitative estimate of drug-likeness (QED) is 0.849. The summed E-state index contributed by atoms with van der Waals surface area (Å²) in [6, 6.07) is 4.02. The van der Waals surface area contributed by atoms with Crippen molar-refractivity contribution in [2.24, 2.45) is 5.73 Å². The highest BCUT2D eigenvalue weighted by molar-refractivity contribution is 9.10. The highest BCUT2D eigenvalue weighted by Gasteiger charge is 2.01. The maximum atomic E-state index is 5.79.